The van der Waals surface area contributed by atoms with E-state index in [-0.39, 0.29) is 17.9 Å². The van der Waals surface area contributed by atoms with Crippen molar-refractivity contribution in [3.63, 3.8) is 0 Å². The molecule has 0 unspecified atom stereocenters. The Hall–Kier alpha value is -1.63. The van der Waals surface area contributed by atoms with Crippen LogP contribution in [-0.2, 0) is 14.3 Å². The van der Waals surface area contributed by atoms with Crippen LogP contribution in [-0.4, -0.2) is 78.5 Å². The van der Waals surface area contributed by atoms with E-state index in [0.717, 1.165) is 26.1 Å². The summed E-state index contributed by atoms with van der Waals surface area (Å²) >= 11 is 0. The lowest BCUT2D eigenvalue weighted by Crippen LogP contribution is -2.49. The molecule has 0 bridgehead atoms. The zero-order valence-corrected chi connectivity index (χ0v) is 13.3. The smallest absolute Gasteiger partial charge is 0.409 e. The van der Waals surface area contributed by atoms with E-state index in [4.69, 9.17) is 4.74 Å². The molecule has 2 rings (SSSR count). The Balaban J connectivity index is 1.65. The van der Waals surface area contributed by atoms with E-state index < -0.39 is 0 Å². The monoisotopic (exact) mass is 311 g/mol. The van der Waals surface area contributed by atoms with Crippen molar-refractivity contribution >= 4 is 17.9 Å². The Morgan fingerprint density at radius 1 is 1.05 bits per heavy atom. The summed E-state index contributed by atoms with van der Waals surface area (Å²) in [5, 5.41) is 0. The van der Waals surface area contributed by atoms with Crippen LogP contribution < -0.4 is 0 Å². The molecule has 0 aromatic rings. The van der Waals surface area contributed by atoms with Crippen molar-refractivity contribution in [3.05, 3.63) is 0 Å². The summed E-state index contributed by atoms with van der Waals surface area (Å²) in [6, 6.07) is 0. The Morgan fingerprint density at radius 2 is 1.68 bits per heavy atom. The summed E-state index contributed by atoms with van der Waals surface area (Å²) in [6.45, 7) is 6.50. The number of piperidine rings is 1. The summed E-state index contributed by atoms with van der Waals surface area (Å²) in [7, 11) is 0. The minimum atomic E-state index is -0.244. The third-order valence-electron chi connectivity index (χ3n) is 4.14. The highest BCUT2D eigenvalue weighted by Crippen LogP contribution is 2.13. The fourth-order valence-electron chi connectivity index (χ4n) is 2.87. The number of hydrogen-bond donors (Lipinski definition) is 0. The first kappa shape index (κ1) is 16.7. The summed E-state index contributed by atoms with van der Waals surface area (Å²) < 4.78 is 4.99. The molecule has 3 amide bonds. The van der Waals surface area contributed by atoms with E-state index in [9.17, 15) is 14.4 Å². The molecule has 0 N–H and O–H groups in total. The molecule has 7 heteroatoms. The number of rotatable bonds is 5. The van der Waals surface area contributed by atoms with Gasteiger partial charge >= 0.3 is 6.09 Å². The van der Waals surface area contributed by atoms with Crippen LogP contribution in [0.15, 0.2) is 0 Å². The molecule has 2 heterocycles. The molecule has 124 valence electrons. The third-order valence-corrected chi connectivity index (χ3v) is 4.14. The molecule has 2 aliphatic heterocycles. The van der Waals surface area contributed by atoms with E-state index >= 15 is 0 Å². The number of nitrogens with zero attached hydrogens (tertiary/aromatic N) is 3. The van der Waals surface area contributed by atoms with Crippen LogP contribution in [0.1, 0.15) is 32.6 Å². The first-order valence-corrected chi connectivity index (χ1v) is 8.09. The van der Waals surface area contributed by atoms with Gasteiger partial charge in [0.2, 0.25) is 11.8 Å². The van der Waals surface area contributed by atoms with Gasteiger partial charge in [0.1, 0.15) is 0 Å². The van der Waals surface area contributed by atoms with E-state index in [0.29, 0.717) is 45.5 Å². The molecule has 7 nitrogen and oxygen atoms in total. The van der Waals surface area contributed by atoms with Crippen molar-refractivity contribution < 1.29 is 19.1 Å². The number of amides is 3. The van der Waals surface area contributed by atoms with Crippen molar-refractivity contribution in [1.82, 2.24) is 14.7 Å². The highest BCUT2D eigenvalue weighted by molar-refractivity contribution is 5.97. The Labute approximate surface area is 131 Å². The summed E-state index contributed by atoms with van der Waals surface area (Å²) in [5.74, 6) is -0.0771. The summed E-state index contributed by atoms with van der Waals surface area (Å²) in [4.78, 5) is 40.4. The highest BCUT2D eigenvalue weighted by Gasteiger charge is 2.26. The standard InChI is InChI=1S/C15H25N3O4/c1-2-22-15(21)17-11-9-16(10-12-17)7-4-8-18-13(19)5-3-6-14(18)20/h2-12H2,1H3. The molecule has 2 saturated heterocycles. The number of piperazine rings is 1. The maximum atomic E-state index is 11.7. The molecule has 0 aromatic heterocycles. The fraction of sp³-hybridized carbons (Fsp3) is 0.800. The predicted molar refractivity (Wildman–Crippen MR) is 80.2 cm³/mol. The maximum absolute atomic E-state index is 11.7. The zero-order chi connectivity index (χ0) is 15.9. The van der Waals surface area contributed by atoms with Gasteiger partial charge in [-0.1, -0.05) is 0 Å². The molecular weight excluding hydrogens is 286 g/mol. The lowest BCUT2D eigenvalue weighted by Gasteiger charge is -2.34. The summed E-state index contributed by atoms with van der Waals surface area (Å²) in [6.07, 6.45) is 2.21. The second-order valence-corrected chi connectivity index (χ2v) is 5.67. The normalized spacial score (nSPS) is 20.4. The Morgan fingerprint density at radius 3 is 2.27 bits per heavy atom. The Bertz CT molecular complexity index is 403. The van der Waals surface area contributed by atoms with Gasteiger partial charge in [-0.3, -0.25) is 19.4 Å². The highest BCUT2D eigenvalue weighted by atomic mass is 16.6. The first-order valence-electron chi connectivity index (χ1n) is 8.09. The third kappa shape index (κ3) is 4.43. The van der Waals surface area contributed by atoms with Gasteiger partial charge in [0.15, 0.2) is 0 Å². The van der Waals surface area contributed by atoms with Crippen LogP contribution in [0, 0.1) is 0 Å². The van der Waals surface area contributed by atoms with Gasteiger partial charge in [-0.15, -0.1) is 0 Å². The molecule has 0 spiro atoms. The van der Waals surface area contributed by atoms with Crippen molar-refractivity contribution in [3.8, 4) is 0 Å². The number of ether oxygens (including phenoxy) is 1. The van der Waals surface area contributed by atoms with E-state index in [1.807, 2.05) is 0 Å². The maximum Gasteiger partial charge on any atom is 0.409 e. The molecule has 0 atom stereocenters. The van der Waals surface area contributed by atoms with Crippen LogP contribution in [0.25, 0.3) is 0 Å². The molecule has 0 aromatic carbocycles. The minimum absolute atomic E-state index is 0.0385. The average molecular weight is 311 g/mol. The number of imide groups is 1. The van der Waals surface area contributed by atoms with E-state index in [1.54, 1.807) is 11.8 Å². The van der Waals surface area contributed by atoms with Crippen molar-refractivity contribution in [2.75, 3.05) is 45.9 Å². The number of carbonyl (C=O) groups excluding carboxylic acids is 3. The van der Waals surface area contributed by atoms with Gasteiger partial charge in [0.05, 0.1) is 6.61 Å². The van der Waals surface area contributed by atoms with Crippen molar-refractivity contribution in [1.29, 1.82) is 0 Å². The van der Waals surface area contributed by atoms with Gasteiger partial charge in [0, 0.05) is 45.6 Å². The van der Waals surface area contributed by atoms with Crippen LogP contribution >= 0.6 is 0 Å². The van der Waals surface area contributed by atoms with Gasteiger partial charge < -0.3 is 9.64 Å². The quantitative estimate of drug-likeness (QED) is 0.699. The van der Waals surface area contributed by atoms with Crippen LogP contribution in [0.2, 0.25) is 0 Å². The van der Waals surface area contributed by atoms with Crippen molar-refractivity contribution in [2.24, 2.45) is 0 Å². The molecule has 0 radical (unpaired) electrons. The number of likely N-dealkylation sites (tertiary alicyclic amines) is 1. The predicted octanol–water partition coefficient (Wildman–Crippen LogP) is 0.690. The molecule has 0 aliphatic carbocycles. The second kappa shape index (κ2) is 8.12. The summed E-state index contributed by atoms with van der Waals surface area (Å²) in [5.41, 5.74) is 0. The fourth-order valence-corrected chi connectivity index (χ4v) is 2.87. The SMILES string of the molecule is CCOC(=O)N1CCN(CCCN2C(=O)CCCC2=O)CC1. The molecule has 2 aliphatic rings. The second-order valence-electron chi connectivity index (χ2n) is 5.67. The van der Waals surface area contributed by atoms with Crippen molar-refractivity contribution in [2.45, 2.75) is 32.6 Å². The average Bonchev–Trinajstić information content (AvgIpc) is 2.51. The van der Waals surface area contributed by atoms with Gasteiger partial charge in [-0.25, -0.2) is 4.79 Å². The number of carbonyl (C=O) groups is 3. The Kier molecular flexibility index (Phi) is 6.18. The van der Waals surface area contributed by atoms with Crippen LogP contribution in [0.3, 0.4) is 0 Å². The van der Waals surface area contributed by atoms with E-state index in [2.05, 4.69) is 4.90 Å². The molecule has 2 fully saturated rings. The van der Waals surface area contributed by atoms with E-state index in [1.165, 1.54) is 4.90 Å². The van der Waals surface area contributed by atoms with Gasteiger partial charge in [-0.2, -0.15) is 0 Å². The topological polar surface area (TPSA) is 70.2 Å². The lowest BCUT2D eigenvalue weighted by molar-refractivity contribution is -0.148. The minimum Gasteiger partial charge on any atom is -0.450 e. The molecule has 22 heavy (non-hydrogen) atoms. The van der Waals surface area contributed by atoms with Gasteiger partial charge in [0.25, 0.3) is 0 Å². The first-order chi connectivity index (χ1) is 10.6. The van der Waals surface area contributed by atoms with Gasteiger partial charge in [-0.05, 0) is 26.3 Å². The van der Waals surface area contributed by atoms with Crippen LogP contribution in [0.4, 0.5) is 4.79 Å². The largest absolute Gasteiger partial charge is 0.450 e. The zero-order valence-electron chi connectivity index (χ0n) is 13.3. The lowest BCUT2D eigenvalue weighted by atomic mass is 10.1. The number of hydrogen-bond acceptors (Lipinski definition) is 5. The van der Waals surface area contributed by atoms with Crippen LogP contribution in [0.5, 0.6) is 0 Å². The molecule has 0 saturated carbocycles. The molecular formula is C15H25N3O4.